The van der Waals surface area contributed by atoms with Crippen molar-refractivity contribution in [2.45, 2.75) is 44.0 Å². The molecule has 3 fully saturated rings. The minimum absolute atomic E-state index is 0.424. The molecule has 1 aromatic carbocycles. The molecule has 0 saturated carbocycles. The lowest BCUT2D eigenvalue weighted by Gasteiger charge is -2.43. The first-order valence-electron chi connectivity index (χ1n) is 10.5. The maximum absolute atomic E-state index is 13.0. The van der Waals surface area contributed by atoms with Gasteiger partial charge in [-0.05, 0) is 57.0 Å². The van der Waals surface area contributed by atoms with Gasteiger partial charge in [0, 0.05) is 51.1 Å². The Hall–Kier alpha value is -1.31. The maximum Gasteiger partial charge on any atom is 0.416 e. The molecule has 0 N–H and O–H groups in total. The second-order valence-electron chi connectivity index (χ2n) is 8.24. The second-order valence-corrected chi connectivity index (χ2v) is 8.24. The zero-order valence-electron chi connectivity index (χ0n) is 16.3. The summed E-state index contributed by atoms with van der Waals surface area (Å²) in [6, 6.07) is 6.32. The molecule has 0 radical (unpaired) electrons. The summed E-state index contributed by atoms with van der Waals surface area (Å²) < 4.78 is 44.6. The van der Waals surface area contributed by atoms with Gasteiger partial charge in [-0.15, -0.1) is 0 Å². The smallest absolute Gasteiger partial charge is 0.377 e. The Morgan fingerprint density at radius 2 is 1.71 bits per heavy atom. The van der Waals surface area contributed by atoms with Crippen molar-refractivity contribution < 1.29 is 17.9 Å². The third kappa shape index (κ3) is 4.81. The second kappa shape index (κ2) is 8.59. The summed E-state index contributed by atoms with van der Waals surface area (Å²) in [5.74, 6) is 0. The highest BCUT2D eigenvalue weighted by molar-refractivity contribution is 5.49. The number of nitrogens with zero attached hydrogens (tertiary/aromatic N) is 3. The topological polar surface area (TPSA) is 19.0 Å². The van der Waals surface area contributed by atoms with E-state index >= 15 is 0 Å². The van der Waals surface area contributed by atoms with Crippen LogP contribution in [-0.4, -0.2) is 74.4 Å². The standard InChI is InChI=1S/C21H30F3N3O/c22-21(23,24)17-3-1-4-19(15-17)27-12-10-26(11-13-27)18-6-8-25(9-7-18)16-20-5-2-14-28-20/h1,3-4,15,18,20H,2,5-14,16H2/t20-/m1/s1. The van der Waals surface area contributed by atoms with Crippen molar-refractivity contribution in [2.24, 2.45) is 0 Å². The number of ether oxygens (including phenoxy) is 1. The quantitative estimate of drug-likeness (QED) is 0.774. The number of anilines is 1. The van der Waals surface area contributed by atoms with E-state index in [1.807, 2.05) is 0 Å². The number of rotatable bonds is 4. The van der Waals surface area contributed by atoms with Crippen molar-refractivity contribution in [3.05, 3.63) is 29.8 Å². The highest BCUT2D eigenvalue weighted by atomic mass is 19.4. The predicted molar refractivity (Wildman–Crippen MR) is 104 cm³/mol. The van der Waals surface area contributed by atoms with Crippen LogP contribution in [0.25, 0.3) is 0 Å². The Morgan fingerprint density at radius 1 is 0.964 bits per heavy atom. The Kier molecular flexibility index (Phi) is 6.13. The van der Waals surface area contributed by atoms with E-state index in [9.17, 15) is 13.2 Å². The number of halogens is 3. The molecule has 0 spiro atoms. The van der Waals surface area contributed by atoms with Gasteiger partial charge in [-0.1, -0.05) is 6.07 Å². The Bertz CT molecular complexity index is 632. The van der Waals surface area contributed by atoms with E-state index in [0.29, 0.717) is 17.8 Å². The molecule has 4 rings (SSSR count). The lowest BCUT2D eigenvalue weighted by Crippen LogP contribution is -2.53. The van der Waals surface area contributed by atoms with Gasteiger partial charge in [-0.25, -0.2) is 0 Å². The number of benzene rings is 1. The molecule has 3 aliphatic rings. The number of likely N-dealkylation sites (tertiary alicyclic amines) is 1. The van der Waals surface area contributed by atoms with Gasteiger partial charge in [0.1, 0.15) is 0 Å². The van der Waals surface area contributed by atoms with Gasteiger partial charge in [0.05, 0.1) is 11.7 Å². The molecular weight excluding hydrogens is 367 g/mol. The van der Waals surface area contributed by atoms with Gasteiger partial charge in [0.2, 0.25) is 0 Å². The fourth-order valence-electron chi connectivity index (χ4n) is 4.77. The van der Waals surface area contributed by atoms with Crippen LogP contribution in [-0.2, 0) is 10.9 Å². The molecule has 1 atom stereocenters. The van der Waals surface area contributed by atoms with Crippen LogP contribution >= 0.6 is 0 Å². The average molecular weight is 397 g/mol. The zero-order chi connectivity index (χ0) is 19.6. The van der Waals surface area contributed by atoms with Crippen LogP contribution in [0.5, 0.6) is 0 Å². The predicted octanol–water partition coefficient (Wildman–Crippen LogP) is 3.47. The highest BCUT2D eigenvalue weighted by Crippen LogP contribution is 2.32. The summed E-state index contributed by atoms with van der Waals surface area (Å²) in [7, 11) is 0. The van der Waals surface area contributed by atoms with Crippen molar-refractivity contribution in [1.29, 1.82) is 0 Å². The van der Waals surface area contributed by atoms with Crippen LogP contribution in [0, 0.1) is 0 Å². The van der Waals surface area contributed by atoms with E-state index in [0.717, 1.165) is 58.5 Å². The molecular formula is C21H30F3N3O. The lowest BCUT2D eigenvalue weighted by molar-refractivity contribution is -0.137. The molecule has 4 nitrogen and oxygen atoms in total. The molecule has 0 amide bonds. The van der Waals surface area contributed by atoms with Crippen LogP contribution in [0.4, 0.5) is 18.9 Å². The number of hydrogen-bond acceptors (Lipinski definition) is 4. The summed E-state index contributed by atoms with van der Waals surface area (Å²) in [5.41, 5.74) is 0.118. The van der Waals surface area contributed by atoms with E-state index in [1.54, 1.807) is 6.07 Å². The van der Waals surface area contributed by atoms with Gasteiger partial charge in [-0.2, -0.15) is 13.2 Å². The maximum atomic E-state index is 13.0. The first-order chi connectivity index (χ1) is 13.5. The molecule has 1 aromatic rings. The monoisotopic (exact) mass is 397 g/mol. The first kappa shape index (κ1) is 20.0. The van der Waals surface area contributed by atoms with E-state index in [-0.39, 0.29) is 0 Å². The Balaban J connectivity index is 1.25. The molecule has 7 heteroatoms. The molecule has 3 saturated heterocycles. The summed E-state index contributed by atoms with van der Waals surface area (Å²) in [5, 5.41) is 0. The third-order valence-corrected chi connectivity index (χ3v) is 6.41. The molecule has 0 aliphatic carbocycles. The summed E-state index contributed by atoms with van der Waals surface area (Å²) in [6.45, 7) is 7.65. The Morgan fingerprint density at radius 3 is 2.36 bits per heavy atom. The summed E-state index contributed by atoms with van der Waals surface area (Å²) in [4.78, 5) is 7.15. The molecule has 156 valence electrons. The van der Waals surface area contributed by atoms with Crippen molar-refractivity contribution in [2.75, 3.05) is 57.3 Å². The fraction of sp³-hybridized carbons (Fsp3) is 0.714. The van der Waals surface area contributed by atoms with Crippen molar-refractivity contribution >= 4 is 5.69 Å². The average Bonchev–Trinajstić information content (AvgIpc) is 3.21. The van der Waals surface area contributed by atoms with Gasteiger partial charge < -0.3 is 14.5 Å². The number of alkyl halides is 3. The number of piperidine rings is 1. The van der Waals surface area contributed by atoms with Gasteiger partial charge >= 0.3 is 6.18 Å². The molecule has 28 heavy (non-hydrogen) atoms. The SMILES string of the molecule is FC(F)(F)c1cccc(N2CCN(C3CCN(C[C@H]4CCCO4)CC3)CC2)c1. The third-order valence-electron chi connectivity index (χ3n) is 6.41. The molecule has 0 aromatic heterocycles. The van der Waals surface area contributed by atoms with Gasteiger partial charge in [-0.3, -0.25) is 4.90 Å². The van der Waals surface area contributed by atoms with Crippen molar-refractivity contribution in [3.63, 3.8) is 0 Å². The minimum Gasteiger partial charge on any atom is -0.377 e. The largest absolute Gasteiger partial charge is 0.416 e. The molecule has 3 heterocycles. The van der Waals surface area contributed by atoms with Crippen LogP contribution in [0.3, 0.4) is 0 Å². The molecule has 0 bridgehead atoms. The number of piperazine rings is 1. The first-order valence-corrected chi connectivity index (χ1v) is 10.5. The van der Waals surface area contributed by atoms with Crippen LogP contribution < -0.4 is 4.90 Å². The van der Waals surface area contributed by atoms with Crippen molar-refractivity contribution in [1.82, 2.24) is 9.80 Å². The van der Waals surface area contributed by atoms with E-state index in [4.69, 9.17) is 4.74 Å². The van der Waals surface area contributed by atoms with Crippen LogP contribution in [0.1, 0.15) is 31.2 Å². The summed E-state index contributed by atoms with van der Waals surface area (Å²) >= 11 is 0. The van der Waals surface area contributed by atoms with Gasteiger partial charge in [0.15, 0.2) is 0 Å². The van der Waals surface area contributed by atoms with E-state index in [1.165, 1.54) is 37.8 Å². The van der Waals surface area contributed by atoms with E-state index < -0.39 is 11.7 Å². The Labute approximate surface area is 165 Å². The minimum atomic E-state index is -4.28. The number of hydrogen-bond donors (Lipinski definition) is 0. The van der Waals surface area contributed by atoms with E-state index in [2.05, 4.69) is 14.7 Å². The molecule has 0 unspecified atom stereocenters. The summed E-state index contributed by atoms with van der Waals surface area (Å²) in [6.07, 6.45) is 0.879. The normalized spacial score (nSPS) is 26.1. The van der Waals surface area contributed by atoms with Gasteiger partial charge in [0.25, 0.3) is 0 Å². The zero-order valence-corrected chi connectivity index (χ0v) is 16.3. The fourth-order valence-corrected chi connectivity index (χ4v) is 4.77. The lowest BCUT2D eigenvalue weighted by atomic mass is 10.0. The van der Waals surface area contributed by atoms with Crippen LogP contribution in [0.2, 0.25) is 0 Å². The highest BCUT2D eigenvalue weighted by Gasteiger charge is 2.32. The van der Waals surface area contributed by atoms with Crippen LogP contribution in [0.15, 0.2) is 24.3 Å². The van der Waals surface area contributed by atoms with Crippen molar-refractivity contribution in [3.8, 4) is 0 Å². The molecule has 3 aliphatic heterocycles.